The lowest BCUT2D eigenvalue weighted by molar-refractivity contribution is 0.0903. The van der Waals surface area contributed by atoms with E-state index in [0.29, 0.717) is 12.8 Å². The summed E-state index contributed by atoms with van der Waals surface area (Å²) in [4.78, 5) is 12.2. The third-order valence-electron chi connectivity index (χ3n) is 3.28. The number of ketones is 1. The molecule has 0 aromatic heterocycles. The van der Waals surface area contributed by atoms with Gasteiger partial charge in [0.05, 0.1) is 12.7 Å². The normalized spacial score (nSPS) is 12.3. The molecule has 106 valence electrons. The summed E-state index contributed by atoms with van der Waals surface area (Å²) in [6, 6.07) is 1.86. The largest absolute Gasteiger partial charge is 0.494 e. The predicted molar refractivity (Wildman–Crippen MR) is 70.5 cm³/mol. The SMILES string of the molecule is CCCCC(CC)C(=O)c1cc(F)c(OC)cc1F. The molecule has 0 amide bonds. The molecule has 4 heteroatoms. The van der Waals surface area contributed by atoms with Crippen LogP contribution in [0.2, 0.25) is 0 Å². The summed E-state index contributed by atoms with van der Waals surface area (Å²) in [5.41, 5.74) is -0.179. The van der Waals surface area contributed by atoms with E-state index in [1.807, 2.05) is 13.8 Å². The van der Waals surface area contributed by atoms with Gasteiger partial charge < -0.3 is 4.74 Å². The number of benzene rings is 1. The molecular formula is C15H20F2O2. The minimum absolute atomic E-state index is 0.179. The summed E-state index contributed by atoms with van der Waals surface area (Å²) >= 11 is 0. The number of methoxy groups -OCH3 is 1. The molecule has 19 heavy (non-hydrogen) atoms. The Balaban J connectivity index is 3.01. The van der Waals surface area contributed by atoms with E-state index in [9.17, 15) is 13.6 Å². The van der Waals surface area contributed by atoms with E-state index in [-0.39, 0.29) is 23.0 Å². The number of ether oxygens (including phenoxy) is 1. The molecule has 0 saturated heterocycles. The molecule has 2 nitrogen and oxygen atoms in total. The van der Waals surface area contributed by atoms with Gasteiger partial charge in [-0.15, -0.1) is 0 Å². The predicted octanol–water partition coefficient (Wildman–Crippen LogP) is 4.37. The van der Waals surface area contributed by atoms with Crippen molar-refractivity contribution < 1.29 is 18.3 Å². The van der Waals surface area contributed by atoms with E-state index in [2.05, 4.69) is 4.74 Å². The second-order valence-corrected chi connectivity index (χ2v) is 4.58. The van der Waals surface area contributed by atoms with Crippen LogP contribution < -0.4 is 4.74 Å². The molecule has 0 fully saturated rings. The zero-order chi connectivity index (χ0) is 14.4. The average Bonchev–Trinajstić information content (AvgIpc) is 2.41. The molecule has 1 atom stereocenters. The van der Waals surface area contributed by atoms with E-state index in [4.69, 9.17) is 0 Å². The Bertz CT molecular complexity index is 444. The third-order valence-corrected chi connectivity index (χ3v) is 3.28. The quantitative estimate of drug-likeness (QED) is 0.687. The molecule has 1 unspecified atom stereocenters. The van der Waals surface area contributed by atoms with Crippen molar-refractivity contribution in [2.45, 2.75) is 39.5 Å². The Hall–Kier alpha value is -1.45. The molecule has 0 saturated carbocycles. The highest BCUT2D eigenvalue weighted by atomic mass is 19.1. The minimum atomic E-state index is -0.724. The zero-order valence-corrected chi connectivity index (χ0v) is 11.6. The summed E-state index contributed by atoms with van der Waals surface area (Å²) in [6.45, 7) is 3.92. The molecule has 0 aliphatic carbocycles. The van der Waals surface area contributed by atoms with Gasteiger partial charge in [-0.25, -0.2) is 8.78 Å². The van der Waals surface area contributed by atoms with Gasteiger partial charge in [-0.1, -0.05) is 26.7 Å². The molecular weight excluding hydrogens is 250 g/mol. The molecule has 0 heterocycles. The molecule has 0 spiro atoms. The molecule has 0 aliphatic heterocycles. The lowest BCUT2D eigenvalue weighted by atomic mass is 9.90. The summed E-state index contributed by atoms with van der Waals surface area (Å²) in [6.07, 6.45) is 3.22. The van der Waals surface area contributed by atoms with Crippen molar-refractivity contribution in [3.63, 3.8) is 0 Å². The number of unbranched alkanes of at least 4 members (excludes halogenated alkanes) is 1. The standard InChI is InChI=1S/C15H20F2O2/c1-4-6-7-10(5-2)15(18)11-8-13(17)14(19-3)9-12(11)16/h8-10H,4-7H2,1-3H3. The minimum Gasteiger partial charge on any atom is -0.494 e. The van der Waals surface area contributed by atoms with Gasteiger partial charge in [0.25, 0.3) is 0 Å². The molecule has 1 rings (SSSR count). The van der Waals surface area contributed by atoms with Crippen LogP contribution in [0.4, 0.5) is 8.78 Å². The lowest BCUT2D eigenvalue weighted by Gasteiger charge is -2.14. The van der Waals surface area contributed by atoms with Crippen molar-refractivity contribution >= 4 is 5.78 Å². The van der Waals surface area contributed by atoms with Gasteiger partial charge in [0.2, 0.25) is 0 Å². The van der Waals surface area contributed by atoms with Gasteiger partial charge in [0, 0.05) is 12.0 Å². The number of halogens is 2. The Morgan fingerprint density at radius 3 is 2.47 bits per heavy atom. The highest BCUT2D eigenvalue weighted by Crippen LogP contribution is 2.25. The fraction of sp³-hybridized carbons (Fsp3) is 0.533. The fourth-order valence-electron chi connectivity index (χ4n) is 2.06. The van der Waals surface area contributed by atoms with Crippen molar-refractivity contribution in [2.75, 3.05) is 7.11 Å². The van der Waals surface area contributed by atoms with Crippen molar-refractivity contribution in [1.29, 1.82) is 0 Å². The van der Waals surface area contributed by atoms with Crippen LogP contribution in [-0.4, -0.2) is 12.9 Å². The first-order valence-electron chi connectivity index (χ1n) is 6.62. The molecule has 0 radical (unpaired) electrons. The number of rotatable bonds is 7. The van der Waals surface area contributed by atoms with Crippen LogP contribution in [0.25, 0.3) is 0 Å². The van der Waals surface area contributed by atoms with Crippen molar-refractivity contribution in [3.05, 3.63) is 29.3 Å². The highest BCUT2D eigenvalue weighted by molar-refractivity contribution is 5.98. The van der Waals surface area contributed by atoms with Crippen LogP contribution in [0.15, 0.2) is 12.1 Å². The maximum Gasteiger partial charge on any atom is 0.168 e. The maximum absolute atomic E-state index is 13.8. The summed E-state index contributed by atoms with van der Waals surface area (Å²) in [5.74, 6) is -2.19. The van der Waals surface area contributed by atoms with E-state index < -0.39 is 11.6 Å². The van der Waals surface area contributed by atoms with Gasteiger partial charge in [-0.05, 0) is 18.9 Å². The molecule has 1 aromatic carbocycles. The van der Waals surface area contributed by atoms with E-state index in [1.165, 1.54) is 7.11 Å². The van der Waals surface area contributed by atoms with Crippen LogP contribution in [0, 0.1) is 17.6 Å². The molecule has 0 aliphatic rings. The number of carbonyl (C=O) groups is 1. The van der Waals surface area contributed by atoms with Gasteiger partial charge >= 0.3 is 0 Å². The number of Topliss-reactive ketones (excluding diaryl/α,β-unsaturated/α-hetero) is 1. The van der Waals surface area contributed by atoms with Crippen molar-refractivity contribution in [1.82, 2.24) is 0 Å². The number of carbonyl (C=O) groups excluding carboxylic acids is 1. The van der Waals surface area contributed by atoms with Crippen LogP contribution in [0.5, 0.6) is 5.75 Å². The number of hydrogen-bond acceptors (Lipinski definition) is 2. The van der Waals surface area contributed by atoms with Crippen molar-refractivity contribution in [2.24, 2.45) is 5.92 Å². The Morgan fingerprint density at radius 2 is 1.95 bits per heavy atom. The lowest BCUT2D eigenvalue weighted by Crippen LogP contribution is -2.16. The van der Waals surface area contributed by atoms with Crippen LogP contribution in [-0.2, 0) is 0 Å². The van der Waals surface area contributed by atoms with E-state index in [1.54, 1.807) is 0 Å². The van der Waals surface area contributed by atoms with Gasteiger partial charge in [-0.2, -0.15) is 0 Å². The fourth-order valence-corrected chi connectivity index (χ4v) is 2.06. The zero-order valence-electron chi connectivity index (χ0n) is 11.6. The summed E-state index contributed by atoms with van der Waals surface area (Å²) in [7, 11) is 1.26. The first-order chi connectivity index (χ1) is 9.04. The van der Waals surface area contributed by atoms with E-state index >= 15 is 0 Å². The van der Waals surface area contributed by atoms with E-state index in [0.717, 1.165) is 25.0 Å². The first kappa shape index (κ1) is 15.6. The Morgan fingerprint density at radius 1 is 1.26 bits per heavy atom. The summed E-state index contributed by atoms with van der Waals surface area (Å²) in [5, 5.41) is 0. The second-order valence-electron chi connectivity index (χ2n) is 4.58. The van der Waals surface area contributed by atoms with Crippen LogP contribution in [0.1, 0.15) is 49.9 Å². The highest BCUT2D eigenvalue weighted by Gasteiger charge is 2.23. The Kier molecular flexibility index (Phi) is 5.93. The second kappa shape index (κ2) is 7.22. The molecule has 0 bridgehead atoms. The molecule has 0 N–H and O–H groups in total. The van der Waals surface area contributed by atoms with Gasteiger partial charge in [0.15, 0.2) is 17.3 Å². The summed E-state index contributed by atoms with van der Waals surface area (Å²) < 4.78 is 32.1. The third kappa shape index (κ3) is 3.75. The number of hydrogen-bond donors (Lipinski definition) is 0. The Labute approximate surface area is 112 Å². The van der Waals surface area contributed by atoms with Crippen LogP contribution >= 0.6 is 0 Å². The van der Waals surface area contributed by atoms with Crippen molar-refractivity contribution in [3.8, 4) is 5.75 Å². The maximum atomic E-state index is 13.8. The van der Waals surface area contributed by atoms with Gasteiger partial charge in [-0.3, -0.25) is 4.79 Å². The molecule has 1 aromatic rings. The van der Waals surface area contributed by atoms with Crippen LogP contribution in [0.3, 0.4) is 0 Å². The van der Waals surface area contributed by atoms with Gasteiger partial charge in [0.1, 0.15) is 5.82 Å². The first-order valence-corrected chi connectivity index (χ1v) is 6.62. The monoisotopic (exact) mass is 270 g/mol. The smallest absolute Gasteiger partial charge is 0.168 e. The average molecular weight is 270 g/mol. The topological polar surface area (TPSA) is 26.3 Å².